The Bertz CT molecular complexity index is 888. The zero-order valence-electron chi connectivity index (χ0n) is 13.7. The van der Waals surface area contributed by atoms with Crippen LogP contribution < -0.4 is 5.32 Å². The van der Waals surface area contributed by atoms with Crippen molar-refractivity contribution in [2.24, 2.45) is 0 Å². The summed E-state index contributed by atoms with van der Waals surface area (Å²) in [5.74, 6) is -0.957. The predicted molar refractivity (Wildman–Crippen MR) is 90.5 cm³/mol. The number of nitrogens with zero attached hydrogens (tertiary/aromatic N) is 2. The minimum Gasteiger partial charge on any atom is -0.348 e. The van der Waals surface area contributed by atoms with Gasteiger partial charge < -0.3 is 5.32 Å². The van der Waals surface area contributed by atoms with Crippen molar-refractivity contribution in [1.82, 2.24) is 15.1 Å². The molecule has 1 N–H and O–H groups in total. The maximum atomic E-state index is 13.2. The number of aromatic nitrogens is 2. The highest BCUT2D eigenvalue weighted by Gasteiger charge is 2.17. The second kappa shape index (κ2) is 7.25. The molecule has 0 atom stereocenters. The Labute approximate surface area is 144 Å². The van der Waals surface area contributed by atoms with E-state index in [2.05, 4.69) is 10.4 Å². The molecule has 0 saturated carbocycles. The maximum Gasteiger partial charge on any atom is 0.255 e. The normalized spacial score (nSPS) is 10.7. The first kappa shape index (κ1) is 16.8. The van der Waals surface area contributed by atoms with Crippen LogP contribution in [0.15, 0.2) is 54.7 Å². The molecule has 128 valence electrons. The van der Waals surface area contributed by atoms with Gasteiger partial charge in [-0.15, -0.1) is 0 Å². The molecule has 0 bridgehead atoms. The number of amides is 1. The van der Waals surface area contributed by atoms with Crippen LogP contribution in [0, 0.1) is 11.6 Å². The highest BCUT2D eigenvalue weighted by atomic mass is 19.1. The van der Waals surface area contributed by atoms with Crippen LogP contribution >= 0.6 is 0 Å². The highest BCUT2D eigenvalue weighted by Crippen LogP contribution is 2.16. The molecule has 0 aliphatic carbocycles. The van der Waals surface area contributed by atoms with E-state index >= 15 is 0 Å². The Balaban J connectivity index is 1.80. The first-order valence-electron chi connectivity index (χ1n) is 7.94. The fourth-order valence-corrected chi connectivity index (χ4v) is 2.63. The molecule has 0 fully saturated rings. The number of carbonyl (C=O) groups is 1. The third kappa shape index (κ3) is 3.74. The number of hydrogen-bond acceptors (Lipinski definition) is 2. The van der Waals surface area contributed by atoms with Crippen LogP contribution in [0.2, 0.25) is 0 Å². The summed E-state index contributed by atoms with van der Waals surface area (Å²) >= 11 is 0. The van der Waals surface area contributed by atoms with Gasteiger partial charge in [0.25, 0.3) is 5.91 Å². The molecule has 1 aromatic heterocycles. The fourth-order valence-electron chi connectivity index (χ4n) is 2.63. The van der Waals surface area contributed by atoms with Crippen molar-refractivity contribution in [1.29, 1.82) is 0 Å². The number of benzene rings is 2. The smallest absolute Gasteiger partial charge is 0.255 e. The zero-order chi connectivity index (χ0) is 17.8. The molecular formula is C19H17F2N3O. The summed E-state index contributed by atoms with van der Waals surface area (Å²) in [5.41, 5.74) is 2.53. The molecule has 3 aromatic rings. The average Bonchev–Trinajstić information content (AvgIpc) is 3.04. The monoisotopic (exact) mass is 341 g/mol. The predicted octanol–water partition coefficient (Wildman–Crippen LogP) is 3.64. The quantitative estimate of drug-likeness (QED) is 0.770. The lowest BCUT2D eigenvalue weighted by molar-refractivity contribution is 0.0950. The standard InChI is InChI=1S/C19H17F2N3O/c1-2-18-17(12-23-24(18)16-8-6-14(20)7-9-16)19(25)22-11-13-4-3-5-15(21)10-13/h3-10,12H,2,11H2,1H3,(H,22,25). The van der Waals surface area contributed by atoms with Crippen molar-refractivity contribution >= 4 is 5.91 Å². The first-order valence-corrected chi connectivity index (χ1v) is 7.94. The second-order valence-corrected chi connectivity index (χ2v) is 5.56. The highest BCUT2D eigenvalue weighted by molar-refractivity contribution is 5.95. The molecule has 0 aliphatic heterocycles. The molecule has 0 aliphatic rings. The van der Waals surface area contributed by atoms with Gasteiger partial charge >= 0.3 is 0 Å². The largest absolute Gasteiger partial charge is 0.348 e. The molecule has 1 heterocycles. The van der Waals surface area contributed by atoms with Gasteiger partial charge in [-0.1, -0.05) is 19.1 Å². The molecule has 0 spiro atoms. The van der Waals surface area contributed by atoms with Crippen molar-refractivity contribution in [2.75, 3.05) is 0 Å². The van der Waals surface area contributed by atoms with Gasteiger partial charge in [0.15, 0.2) is 0 Å². The van der Waals surface area contributed by atoms with Gasteiger partial charge in [0.05, 0.1) is 23.1 Å². The number of hydrogen-bond donors (Lipinski definition) is 1. The van der Waals surface area contributed by atoms with E-state index in [1.54, 1.807) is 28.9 Å². The Morgan fingerprint density at radius 1 is 1.12 bits per heavy atom. The van der Waals surface area contributed by atoms with Crippen LogP contribution in [0.25, 0.3) is 5.69 Å². The van der Waals surface area contributed by atoms with Crippen molar-refractivity contribution in [2.45, 2.75) is 19.9 Å². The minimum absolute atomic E-state index is 0.224. The van der Waals surface area contributed by atoms with Crippen LogP contribution in [0.1, 0.15) is 28.5 Å². The fraction of sp³-hybridized carbons (Fsp3) is 0.158. The zero-order valence-corrected chi connectivity index (χ0v) is 13.7. The SMILES string of the molecule is CCc1c(C(=O)NCc2cccc(F)c2)cnn1-c1ccc(F)cc1. The van der Waals surface area contributed by atoms with E-state index in [0.29, 0.717) is 23.2 Å². The summed E-state index contributed by atoms with van der Waals surface area (Å²) in [7, 11) is 0. The van der Waals surface area contributed by atoms with E-state index < -0.39 is 0 Å². The average molecular weight is 341 g/mol. The Kier molecular flexibility index (Phi) is 4.88. The van der Waals surface area contributed by atoms with Gasteiger partial charge in [-0.3, -0.25) is 4.79 Å². The molecule has 0 radical (unpaired) electrons. The molecule has 2 aromatic carbocycles. The summed E-state index contributed by atoms with van der Waals surface area (Å²) in [6.45, 7) is 2.14. The van der Waals surface area contributed by atoms with Crippen LogP contribution in [0.5, 0.6) is 0 Å². The van der Waals surface area contributed by atoms with Gasteiger partial charge in [-0.05, 0) is 48.4 Å². The molecule has 0 saturated heterocycles. The summed E-state index contributed by atoms with van der Waals surface area (Å²) in [6, 6.07) is 12.0. The van der Waals surface area contributed by atoms with Gasteiger partial charge in [0.2, 0.25) is 0 Å². The molecular weight excluding hydrogens is 324 g/mol. The van der Waals surface area contributed by atoms with Crippen LogP contribution in [-0.2, 0) is 13.0 Å². The first-order chi connectivity index (χ1) is 12.1. The second-order valence-electron chi connectivity index (χ2n) is 5.56. The van der Waals surface area contributed by atoms with E-state index in [0.717, 1.165) is 5.69 Å². The van der Waals surface area contributed by atoms with Crippen molar-refractivity contribution < 1.29 is 13.6 Å². The molecule has 25 heavy (non-hydrogen) atoms. The maximum absolute atomic E-state index is 13.2. The van der Waals surface area contributed by atoms with Crippen molar-refractivity contribution in [3.63, 3.8) is 0 Å². The van der Waals surface area contributed by atoms with E-state index in [1.807, 2.05) is 6.92 Å². The van der Waals surface area contributed by atoms with Gasteiger partial charge in [-0.2, -0.15) is 5.10 Å². The lowest BCUT2D eigenvalue weighted by atomic mass is 10.1. The summed E-state index contributed by atoms with van der Waals surface area (Å²) in [6.07, 6.45) is 2.07. The van der Waals surface area contributed by atoms with Crippen molar-refractivity contribution in [3.05, 3.63) is 83.2 Å². The molecule has 6 heteroatoms. The number of rotatable bonds is 5. The number of nitrogens with one attached hydrogen (secondary N) is 1. The molecule has 0 unspecified atom stereocenters. The van der Waals surface area contributed by atoms with E-state index in [9.17, 15) is 13.6 Å². The van der Waals surface area contributed by atoms with Crippen LogP contribution in [0.4, 0.5) is 8.78 Å². The van der Waals surface area contributed by atoms with Crippen LogP contribution in [-0.4, -0.2) is 15.7 Å². The summed E-state index contributed by atoms with van der Waals surface area (Å²) in [5, 5.41) is 7.02. The Hall–Kier alpha value is -3.02. The summed E-state index contributed by atoms with van der Waals surface area (Å²) in [4.78, 5) is 12.5. The lowest BCUT2D eigenvalue weighted by Gasteiger charge is -2.09. The van der Waals surface area contributed by atoms with E-state index in [1.165, 1.54) is 30.5 Å². The van der Waals surface area contributed by atoms with Gasteiger partial charge in [-0.25, -0.2) is 13.5 Å². The van der Waals surface area contributed by atoms with E-state index in [4.69, 9.17) is 0 Å². The Morgan fingerprint density at radius 3 is 2.56 bits per heavy atom. The molecule has 4 nitrogen and oxygen atoms in total. The summed E-state index contributed by atoms with van der Waals surface area (Å²) < 4.78 is 27.9. The lowest BCUT2D eigenvalue weighted by Crippen LogP contribution is -2.23. The topological polar surface area (TPSA) is 46.9 Å². The Morgan fingerprint density at radius 2 is 1.88 bits per heavy atom. The van der Waals surface area contributed by atoms with Crippen molar-refractivity contribution in [3.8, 4) is 5.69 Å². The molecule has 1 amide bonds. The van der Waals surface area contributed by atoms with Crippen LogP contribution in [0.3, 0.4) is 0 Å². The minimum atomic E-state index is -0.342. The third-order valence-electron chi connectivity index (χ3n) is 3.86. The van der Waals surface area contributed by atoms with Gasteiger partial charge in [0.1, 0.15) is 11.6 Å². The molecule has 3 rings (SSSR count). The van der Waals surface area contributed by atoms with E-state index in [-0.39, 0.29) is 24.1 Å². The number of halogens is 2. The number of carbonyl (C=O) groups excluding carboxylic acids is 1. The van der Waals surface area contributed by atoms with Gasteiger partial charge in [0, 0.05) is 6.54 Å². The third-order valence-corrected chi connectivity index (χ3v) is 3.86.